The van der Waals surface area contributed by atoms with Gasteiger partial charge in [0.15, 0.2) is 0 Å². The Bertz CT molecular complexity index is 506. The van der Waals surface area contributed by atoms with Gasteiger partial charge in [0.05, 0.1) is 10.5 Å². The summed E-state index contributed by atoms with van der Waals surface area (Å²) < 4.78 is 26.9. The van der Waals surface area contributed by atoms with Crippen molar-refractivity contribution in [3.05, 3.63) is 28.2 Å². The highest BCUT2D eigenvalue weighted by molar-refractivity contribution is 9.10. The van der Waals surface area contributed by atoms with E-state index in [1.165, 1.54) is 6.07 Å². The maximum Gasteiger partial charge on any atom is 0.240 e. The average Bonchev–Trinajstić information content (AvgIpc) is 2.18. The van der Waals surface area contributed by atoms with Gasteiger partial charge in [0.1, 0.15) is 0 Å². The normalized spacial score (nSPS) is 12.8. The number of nitrogens with one attached hydrogen (secondary N) is 1. The summed E-state index contributed by atoms with van der Waals surface area (Å²) in [6, 6.07) is 4.80. The molecule has 6 heteroatoms. The third-order valence-electron chi connectivity index (χ3n) is 2.15. The fourth-order valence-corrected chi connectivity index (χ4v) is 2.86. The van der Waals surface area contributed by atoms with E-state index < -0.39 is 15.6 Å². The fraction of sp³-hybridized carbons (Fsp3) is 0.455. The summed E-state index contributed by atoms with van der Waals surface area (Å²) in [6.45, 7) is 4.94. The number of hydrogen-bond acceptors (Lipinski definition) is 3. The van der Waals surface area contributed by atoms with E-state index in [4.69, 9.17) is 0 Å². The van der Waals surface area contributed by atoms with Crippen LogP contribution in [0.15, 0.2) is 27.6 Å². The van der Waals surface area contributed by atoms with Gasteiger partial charge in [0.2, 0.25) is 10.0 Å². The summed E-state index contributed by atoms with van der Waals surface area (Å²) in [5.74, 6) is 0. The van der Waals surface area contributed by atoms with E-state index >= 15 is 0 Å². The van der Waals surface area contributed by atoms with Crippen LogP contribution >= 0.6 is 15.9 Å². The molecule has 1 aromatic rings. The average molecular weight is 322 g/mol. The van der Waals surface area contributed by atoms with E-state index in [9.17, 15) is 13.5 Å². The Morgan fingerprint density at radius 2 is 2.00 bits per heavy atom. The number of sulfonamides is 1. The molecule has 0 radical (unpaired) electrons. The molecule has 0 aliphatic heterocycles. The minimum absolute atomic E-state index is 0.0270. The fourth-order valence-electron chi connectivity index (χ4n) is 1.10. The summed E-state index contributed by atoms with van der Waals surface area (Å²) in [5, 5.41) is 9.49. The van der Waals surface area contributed by atoms with Gasteiger partial charge in [-0.2, -0.15) is 0 Å². The Balaban J connectivity index is 2.94. The Kier molecular flexibility index (Phi) is 4.35. The largest absolute Gasteiger partial charge is 0.389 e. The van der Waals surface area contributed by atoms with Crippen molar-refractivity contribution >= 4 is 26.0 Å². The molecule has 0 aliphatic rings. The standard InChI is InChI=1S/C11H16BrNO3S/c1-8-4-5-9(6-10(8)12)17(15,16)13-7-11(2,3)14/h4-6,13-14H,7H2,1-3H3. The first-order valence-corrected chi connectivity index (χ1v) is 7.38. The van der Waals surface area contributed by atoms with E-state index in [1.807, 2.05) is 6.92 Å². The van der Waals surface area contributed by atoms with Crippen molar-refractivity contribution in [2.75, 3.05) is 6.54 Å². The van der Waals surface area contributed by atoms with Gasteiger partial charge in [-0.15, -0.1) is 0 Å². The molecule has 17 heavy (non-hydrogen) atoms. The van der Waals surface area contributed by atoms with Gasteiger partial charge in [-0.3, -0.25) is 0 Å². The van der Waals surface area contributed by atoms with Gasteiger partial charge in [-0.25, -0.2) is 13.1 Å². The van der Waals surface area contributed by atoms with E-state index in [0.717, 1.165) is 10.0 Å². The SMILES string of the molecule is Cc1ccc(S(=O)(=O)NCC(C)(C)O)cc1Br. The molecule has 0 amide bonds. The number of rotatable bonds is 4. The van der Waals surface area contributed by atoms with Gasteiger partial charge in [0.25, 0.3) is 0 Å². The Hall–Kier alpha value is -0.430. The summed E-state index contributed by atoms with van der Waals surface area (Å²) in [5.41, 5.74) is -0.110. The lowest BCUT2D eigenvalue weighted by molar-refractivity contribution is 0.0857. The van der Waals surface area contributed by atoms with Gasteiger partial charge >= 0.3 is 0 Å². The molecule has 2 N–H and O–H groups in total. The molecule has 0 saturated heterocycles. The predicted octanol–water partition coefficient (Wildman–Crippen LogP) is 1.81. The lowest BCUT2D eigenvalue weighted by atomic mass is 10.1. The number of benzene rings is 1. The van der Waals surface area contributed by atoms with Gasteiger partial charge in [0, 0.05) is 11.0 Å². The first-order valence-electron chi connectivity index (χ1n) is 5.10. The summed E-state index contributed by atoms with van der Waals surface area (Å²) >= 11 is 3.29. The molecule has 0 spiro atoms. The Morgan fingerprint density at radius 1 is 1.41 bits per heavy atom. The predicted molar refractivity (Wildman–Crippen MR) is 70.4 cm³/mol. The lowest BCUT2D eigenvalue weighted by Gasteiger charge is -2.17. The van der Waals surface area contributed by atoms with Crippen LogP contribution in [0.2, 0.25) is 0 Å². The van der Waals surface area contributed by atoms with Crippen LogP contribution in [0.25, 0.3) is 0 Å². The van der Waals surface area contributed by atoms with Crippen LogP contribution in [0.1, 0.15) is 19.4 Å². The Labute approximate surface area is 110 Å². The lowest BCUT2D eigenvalue weighted by Crippen LogP contribution is -2.38. The first-order chi connectivity index (χ1) is 7.62. The molecule has 0 aromatic heterocycles. The summed E-state index contributed by atoms with van der Waals surface area (Å²) in [7, 11) is -3.57. The van der Waals surface area contributed by atoms with Crippen molar-refractivity contribution in [2.45, 2.75) is 31.3 Å². The number of hydrogen-bond donors (Lipinski definition) is 2. The smallest absolute Gasteiger partial charge is 0.240 e. The quantitative estimate of drug-likeness (QED) is 0.888. The molecule has 0 fully saturated rings. The number of aryl methyl sites for hydroxylation is 1. The molecule has 0 atom stereocenters. The maximum absolute atomic E-state index is 11.9. The van der Waals surface area contributed by atoms with Gasteiger partial charge < -0.3 is 5.11 Å². The molecule has 1 rings (SSSR count). The first kappa shape index (κ1) is 14.6. The molecule has 0 bridgehead atoms. The van der Waals surface area contributed by atoms with Crippen LogP contribution in [0.4, 0.5) is 0 Å². The van der Waals surface area contributed by atoms with E-state index in [2.05, 4.69) is 20.7 Å². The zero-order valence-electron chi connectivity index (χ0n) is 9.99. The molecule has 0 saturated carbocycles. The molecule has 96 valence electrons. The highest BCUT2D eigenvalue weighted by Crippen LogP contribution is 2.20. The number of aliphatic hydroxyl groups is 1. The molecule has 0 aliphatic carbocycles. The monoisotopic (exact) mass is 321 g/mol. The second kappa shape index (κ2) is 5.06. The van der Waals surface area contributed by atoms with Crippen LogP contribution in [-0.4, -0.2) is 25.7 Å². The van der Waals surface area contributed by atoms with Crippen molar-refractivity contribution in [3.8, 4) is 0 Å². The minimum atomic E-state index is -3.57. The highest BCUT2D eigenvalue weighted by Gasteiger charge is 2.19. The van der Waals surface area contributed by atoms with Crippen LogP contribution < -0.4 is 4.72 Å². The summed E-state index contributed by atoms with van der Waals surface area (Å²) in [6.07, 6.45) is 0. The van der Waals surface area contributed by atoms with Crippen LogP contribution in [0.3, 0.4) is 0 Å². The van der Waals surface area contributed by atoms with E-state index in [1.54, 1.807) is 26.0 Å². The van der Waals surface area contributed by atoms with Crippen molar-refractivity contribution < 1.29 is 13.5 Å². The van der Waals surface area contributed by atoms with Crippen molar-refractivity contribution in [1.82, 2.24) is 4.72 Å². The van der Waals surface area contributed by atoms with Crippen molar-refractivity contribution in [1.29, 1.82) is 0 Å². The number of halogens is 1. The van der Waals surface area contributed by atoms with Crippen LogP contribution in [0.5, 0.6) is 0 Å². The summed E-state index contributed by atoms with van der Waals surface area (Å²) in [4.78, 5) is 0.180. The zero-order valence-corrected chi connectivity index (χ0v) is 12.4. The van der Waals surface area contributed by atoms with Crippen molar-refractivity contribution in [2.24, 2.45) is 0 Å². The van der Waals surface area contributed by atoms with Gasteiger partial charge in [-0.1, -0.05) is 22.0 Å². The van der Waals surface area contributed by atoms with E-state index in [-0.39, 0.29) is 11.4 Å². The topological polar surface area (TPSA) is 66.4 Å². The third kappa shape index (κ3) is 4.39. The molecular formula is C11H16BrNO3S. The molecule has 0 heterocycles. The molecule has 0 unspecified atom stereocenters. The molecular weight excluding hydrogens is 306 g/mol. The van der Waals surface area contributed by atoms with Crippen LogP contribution in [-0.2, 0) is 10.0 Å². The maximum atomic E-state index is 11.9. The van der Waals surface area contributed by atoms with E-state index in [0.29, 0.717) is 0 Å². The molecule has 4 nitrogen and oxygen atoms in total. The second-order valence-electron chi connectivity index (χ2n) is 4.55. The molecule has 1 aromatic carbocycles. The second-order valence-corrected chi connectivity index (χ2v) is 7.17. The highest BCUT2D eigenvalue weighted by atomic mass is 79.9. The zero-order chi connectivity index (χ0) is 13.3. The Morgan fingerprint density at radius 3 is 2.47 bits per heavy atom. The van der Waals surface area contributed by atoms with Crippen LogP contribution in [0, 0.1) is 6.92 Å². The minimum Gasteiger partial charge on any atom is -0.389 e. The van der Waals surface area contributed by atoms with Gasteiger partial charge in [-0.05, 0) is 38.5 Å². The van der Waals surface area contributed by atoms with Crippen molar-refractivity contribution in [3.63, 3.8) is 0 Å². The third-order valence-corrected chi connectivity index (χ3v) is 4.40.